The summed E-state index contributed by atoms with van der Waals surface area (Å²) < 4.78 is 53.9. The summed E-state index contributed by atoms with van der Waals surface area (Å²) in [6.45, 7) is -1.62. The number of hydrazine groups is 1. The molecule has 138 valence electrons. The number of halogens is 4. The van der Waals surface area contributed by atoms with Crippen LogP contribution in [0.3, 0.4) is 0 Å². The number of carbonyl (C=O) groups is 2. The first-order chi connectivity index (χ1) is 12.3. The van der Waals surface area contributed by atoms with Crippen LogP contribution in [0.2, 0.25) is 0 Å². The maximum atomic E-state index is 13.5. The van der Waals surface area contributed by atoms with Crippen LogP contribution >= 0.6 is 0 Å². The summed E-state index contributed by atoms with van der Waals surface area (Å²) in [5.74, 6) is -2.23. The van der Waals surface area contributed by atoms with Crippen LogP contribution in [0.15, 0.2) is 48.5 Å². The maximum absolute atomic E-state index is 13.5. The van der Waals surface area contributed by atoms with Crippen molar-refractivity contribution < 1.29 is 31.9 Å². The maximum Gasteiger partial charge on any atom is 0.411 e. The Morgan fingerprint density at radius 1 is 0.923 bits per heavy atom. The molecule has 9 heteroatoms. The van der Waals surface area contributed by atoms with E-state index in [1.54, 1.807) is 0 Å². The van der Waals surface area contributed by atoms with E-state index in [1.165, 1.54) is 42.5 Å². The van der Waals surface area contributed by atoms with Crippen LogP contribution < -0.4 is 10.9 Å². The highest BCUT2D eigenvalue weighted by atomic mass is 19.4. The molecule has 0 aliphatic carbocycles. The van der Waals surface area contributed by atoms with Crippen molar-refractivity contribution in [1.29, 1.82) is 0 Å². The van der Waals surface area contributed by atoms with E-state index in [0.29, 0.717) is 5.56 Å². The lowest BCUT2D eigenvalue weighted by Crippen LogP contribution is -2.41. The second-order valence-corrected chi connectivity index (χ2v) is 5.19. The van der Waals surface area contributed by atoms with E-state index in [4.69, 9.17) is 0 Å². The zero-order valence-corrected chi connectivity index (χ0v) is 13.3. The monoisotopic (exact) mass is 370 g/mol. The first-order valence-electron chi connectivity index (χ1n) is 7.35. The smallest absolute Gasteiger partial charge is 0.367 e. The highest BCUT2D eigenvalue weighted by Gasteiger charge is 2.27. The topological polar surface area (TPSA) is 67.4 Å². The highest BCUT2D eigenvalue weighted by Crippen LogP contribution is 2.15. The van der Waals surface area contributed by atoms with Gasteiger partial charge in [-0.3, -0.25) is 20.4 Å². The van der Waals surface area contributed by atoms with Crippen molar-refractivity contribution in [2.75, 3.05) is 6.61 Å². The number of amides is 2. The highest BCUT2D eigenvalue weighted by molar-refractivity contribution is 5.99. The van der Waals surface area contributed by atoms with Crippen molar-refractivity contribution in [1.82, 2.24) is 10.9 Å². The number of hydrogen-bond acceptors (Lipinski definition) is 3. The Balaban J connectivity index is 1.86. The Morgan fingerprint density at radius 3 is 2.15 bits per heavy atom. The van der Waals surface area contributed by atoms with Gasteiger partial charge >= 0.3 is 6.18 Å². The lowest BCUT2D eigenvalue weighted by atomic mass is 10.1. The molecule has 0 atom stereocenters. The normalized spacial score (nSPS) is 11.1. The van der Waals surface area contributed by atoms with Gasteiger partial charge < -0.3 is 4.74 Å². The molecule has 0 aliphatic heterocycles. The predicted molar refractivity (Wildman–Crippen MR) is 83.5 cm³/mol. The first-order valence-corrected chi connectivity index (χ1v) is 7.35. The number of nitrogens with one attached hydrogen (secondary N) is 2. The van der Waals surface area contributed by atoms with Gasteiger partial charge in [0.15, 0.2) is 0 Å². The van der Waals surface area contributed by atoms with Crippen LogP contribution in [0, 0.1) is 5.82 Å². The standard InChI is InChI=1S/C17H14F4N2O3/c18-14-4-2-1-3-13(14)16(25)23-22-15(24)12-7-5-11(6-8-12)9-26-10-17(19,20)21/h1-8H,9-10H2,(H,22,24)(H,23,25). The van der Waals surface area contributed by atoms with Gasteiger partial charge in [0.1, 0.15) is 12.4 Å². The molecular formula is C17H14F4N2O3. The van der Waals surface area contributed by atoms with Crippen molar-refractivity contribution >= 4 is 11.8 Å². The third kappa shape index (κ3) is 5.85. The molecule has 2 N–H and O–H groups in total. The summed E-state index contributed by atoms with van der Waals surface area (Å²) in [6.07, 6.45) is -4.41. The fourth-order valence-corrected chi connectivity index (χ4v) is 1.94. The predicted octanol–water partition coefficient (Wildman–Crippen LogP) is 2.98. The molecule has 0 unspecified atom stereocenters. The third-order valence-corrected chi connectivity index (χ3v) is 3.16. The van der Waals surface area contributed by atoms with Crippen LogP contribution in [0.5, 0.6) is 0 Å². The van der Waals surface area contributed by atoms with E-state index in [9.17, 15) is 27.2 Å². The Bertz CT molecular complexity index is 776. The largest absolute Gasteiger partial charge is 0.411 e. The molecular weight excluding hydrogens is 356 g/mol. The summed E-state index contributed by atoms with van der Waals surface area (Å²) in [7, 11) is 0. The number of hydrogen-bond donors (Lipinski definition) is 2. The molecule has 0 aliphatic rings. The Morgan fingerprint density at radius 2 is 1.54 bits per heavy atom. The van der Waals surface area contributed by atoms with E-state index >= 15 is 0 Å². The summed E-state index contributed by atoms with van der Waals surface area (Å²) >= 11 is 0. The molecule has 0 saturated heterocycles. The lowest BCUT2D eigenvalue weighted by molar-refractivity contribution is -0.176. The molecule has 0 fully saturated rings. The minimum Gasteiger partial charge on any atom is -0.367 e. The Kier molecular flexibility index (Phi) is 6.29. The van der Waals surface area contributed by atoms with Gasteiger partial charge in [-0.1, -0.05) is 24.3 Å². The average Bonchev–Trinajstić information content (AvgIpc) is 2.59. The van der Waals surface area contributed by atoms with Gasteiger partial charge in [0.05, 0.1) is 12.2 Å². The number of ether oxygens (including phenoxy) is 1. The van der Waals surface area contributed by atoms with E-state index in [1.807, 2.05) is 0 Å². The lowest BCUT2D eigenvalue weighted by Gasteiger charge is -2.09. The van der Waals surface area contributed by atoms with Crippen molar-refractivity contribution in [3.05, 3.63) is 71.0 Å². The van der Waals surface area contributed by atoms with Gasteiger partial charge in [0.2, 0.25) is 0 Å². The van der Waals surface area contributed by atoms with Gasteiger partial charge in [-0.15, -0.1) is 0 Å². The summed E-state index contributed by atoms with van der Waals surface area (Å²) in [6, 6.07) is 10.8. The minimum absolute atomic E-state index is 0.151. The molecule has 5 nitrogen and oxygen atoms in total. The molecule has 0 bridgehead atoms. The van der Waals surface area contributed by atoms with Crippen LogP contribution in [0.4, 0.5) is 17.6 Å². The van der Waals surface area contributed by atoms with Crippen molar-refractivity contribution in [2.24, 2.45) is 0 Å². The number of alkyl halides is 3. The second kappa shape index (κ2) is 8.43. The molecule has 0 aromatic heterocycles. The summed E-state index contributed by atoms with van der Waals surface area (Å²) in [5, 5.41) is 0. The van der Waals surface area contributed by atoms with Gasteiger partial charge in [-0.25, -0.2) is 4.39 Å². The molecule has 2 aromatic carbocycles. The van der Waals surface area contributed by atoms with Crippen LogP contribution in [-0.4, -0.2) is 24.6 Å². The third-order valence-electron chi connectivity index (χ3n) is 3.16. The quantitative estimate of drug-likeness (QED) is 0.628. The zero-order chi connectivity index (χ0) is 19.2. The van der Waals surface area contributed by atoms with Gasteiger partial charge in [0, 0.05) is 5.56 Å². The molecule has 26 heavy (non-hydrogen) atoms. The van der Waals surface area contributed by atoms with Crippen molar-refractivity contribution in [2.45, 2.75) is 12.8 Å². The molecule has 0 radical (unpaired) electrons. The van der Waals surface area contributed by atoms with Crippen LogP contribution in [0.25, 0.3) is 0 Å². The van der Waals surface area contributed by atoms with E-state index in [-0.39, 0.29) is 17.7 Å². The average molecular weight is 370 g/mol. The molecule has 0 heterocycles. The van der Waals surface area contributed by atoms with Gasteiger partial charge in [0.25, 0.3) is 11.8 Å². The molecule has 2 rings (SSSR count). The van der Waals surface area contributed by atoms with Gasteiger partial charge in [-0.05, 0) is 29.8 Å². The molecule has 0 saturated carbocycles. The fourth-order valence-electron chi connectivity index (χ4n) is 1.94. The first kappa shape index (κ1) is 19.4. The number of benzene rings is 2. The Labute approximate surface area is 145 Å². The van der Waals surface area contributed by atoms with Crippen molar-refractivity contribution in [3.63, 3.8) is 0 Å². The Hall–Kier alpha value is -2.94. The fraction of sp³-hybridized carbons (Fsp3) is 0.176. The SMILES string of the molecule is O=C(NNC(=O)c1ccccc1F)c1ccc(COCC(F)(F)F)cc1. The summed E-state index contributed by atoms with van der Waals surface area (Å²) in [5.41, 5.74) is 4.56. The number of rotatable bonds is 5. The minimum atomic E-state index is -4.41. The molecule has 0 spiro atoms. The van der Waals surface area contributed by atoms with E-state index < -0.39 is 30.4 Å². The zero-order valence-electron chi connectivity index (χ0n) is 13.3. The molecule has 2 amide bonds. The van der Waals surface area contributed by atoms with E-state index in [0.717, 1.165) is 6.07 Å². The molecule has 2 aromatic rings. The van der Waals surface area contributed by atoms with E-state index in [2.05, 4.69) is 15.6 Å². The summed E-state index contributed by atoms with van der Waals surface area (Å²) in [4.78, 5) is 23.7. The van der Waals surface area contributed by atoms with Crippen LogP contribution in [0.1, 0.15) is 26.3 Å². The van der Waals surface area contributed by atoms with Crippen LogP contribution in [-0.2, 0) is 11.3 Å². The number of carbonyl (C=O) groups excluding carboxylic acids is 2. The van der Waals surface area contributed by atoms with Gasteiger partial charge in [-0.2, -0.15) is 13.2 Å². The second-order valence-electron chi connectivity index (χ2n) is 5.19. The van der Waals surface area contributed by atoms with Crippen molar-refractivity contribution in [3.8, 4) is 0 Å².